The number of rotatable bonds is 5. The predicted octanol–water partition coefficient (Wildman–Crippen LogP) is 0.134. The molecule has 1 heterocycles. The van der Waals surface area contributed by atoms with Gasteiger partial charge in [-0.2, -0.15) is 0 Å². The van der Waals surface area contributed by atoms with Gasteiger partial charge in [0.1, 0.15) is 5.75 Å². The Balaban J connectivity index is 2.09. The van der Waals surface area contributed by atoms with E-state index in [0.29, 0.717) is 44.0 Å². The lowest BCUT2D eigenvalue weighted by atomic mass is 10.1. The molecule has 0 bridgehead atoms. The molecule has 1 aromatic rings. The summed E-state index contributed by atoms with van der Waals surface area (Å²) in [5.74, 6) is 0.563. The van der Waals surface area contributed by atoms with E-state index in [4.69, 9.17) is 14.6 Å². The molecule has 0 spiro atoms. The Morgan fingerprint density at radius 3 is 2.64 bits per heavy atom. The summed E-state index contributed by atoms with van der Waals surface area (Å²) in [6, 6.07) is 4.40. The molecule has 1 fully saturated rings. The van der Waals surface area contributed by atoms with Crippen molar-refractivity contribution in [3.8, 4) is 5.75 Å². The second-order valence-corrected chi connectivity index (χ2v) is 6.57. The molecule has 0 atom stereocenters. The number of carbonyl (C=O) groups is 1. The number of primary sulfonamides is 1. The van der Waals surface area contributed by atoms with Crippen LogP contribution in [0.15, 0.2) is 23.1 Å². The van der Waals surface area contributed by atoms with Crippen molar-refractivity contribution in [1.82, 2.24) is 4.90 Å². The van der Waals surface area contributed by atoms with Crippen molar-refractivity contribution in [2.75, 3.05) is 33.4 Å². The molecule has 0 saturated carbocycles. The summed E-state index contributed by atoms with van der Waals surface area (Å²) in [6.07, 6.45) is 0.674. The summed E-state index contributed by atoms with van der Waals surface area (Å²) in [7, 11) is -2.28. The average molecular weight is 328 g/mol. The number of amides is 1. The first-order chi connectivity index (χ1) is 10.4. The quantitative estimate of drug-likeness (QED) is 0.828. The first kappa shape index (κ1) is 16.7. The van der Waals surface area contributed by atoms with Crippen LogP contribution in [0.2, 0.25) is 0 Å². The zero-order valence-corrected chi connectivity index (χ0v) is 13.3. The van der Waals surface area contributed by atoms with Crippen LogP contribution in [0.1, 0.15) is 12.0 Å². The summed E-state index contributed by atoms with van der Waals surface area (Å²) < 4.78 is 33.3. The Kier molecular flexibility index (Phi) is 5.38. The topological polar surface area (TPSA) is 98.9 Å². The number of nitrogens with two attached hydrogens (primary N) is 1. The second kappa shape index (κ2) is 7.08. The SMILES string of the molecule is COc1ccc(S(N)(=O)=O)cc1CCC(=O)N1CCOCC1. The third kappa shape index (κ3) is 4.19. The fourth-order valence-corrected chi connectivity index (χ4v) is 2.90. The largest absolute Gasteiger partial charge is 0.496 e. The summed E-state index contributed by atoms with van der Waals surface area (Å²) in [5, 5.41) is 5.13. The van der Waals surface area contributed by atoms with Crippen molar-refractivity contribution >= 4 is 15.9 Å². The van der Waals surface area contributed by atoms with Gasteiger partial charge in [-0.3, -0.25) is 4.79 Å². The van der Waals surface area contributed by atoms with Gasteiger partial charge >= 0.3 is 0 Å². The first-order valence-electron chi connectivity index (χ1n) is 6.97. The highest BCUT2D eigenvalue weighted by molar-refractivity contribution is 7.89. The van der Waals surface area contributed by atoms with Crippen LogP contribution in [-0.4, -0.2) is 52.6 Å². The van der Waals surface area contributed by atoms with Crippen LogP contribution < -0.4 is 9.88 Å². The minimum absolute atomic E-state index is 0.0159. The molecule has 0 unspecified atom stereocenters. The molecule has 0 aliphatic carbocycles. The van der Waals surface area contributed by atoms with E-state index in [9.17, 15) is 13.2 Å². The van der Waals surface area contributed by atoms with Crippen LogP contribution >= 0.6 is 0 Å². The van der Waals surface area contributed by atoms with Crippen molar-refractivity contribution in [3.05, 3.63) is 23.8 Å². The highest BCUT2D eigenvalue weighted by Gasteiger charge is 2.18. The molecule has 0 aromatic heterocycles. The van der Waals surface area contributed by atoms with Crippen LogP contribution in [0.3, 0.4) is 0 Å². The first-order valence-corrected chi connectivity index (χ1v) is 8.51. The van der Waals surface area contributed by atoms with E-state index in [1.807, 2.05) is 0 Å². The number of sulfonamides is 1. The molecule has 7 nitrogen and oxygen atoms in total. The highest BCUT2D eigenvalue weighted by Crippen LogP contribution is 2.23. The molecule has 2 N–H and O–H groups in total. The number of aryl methyl sites for hydroxylation is 1. The maximum Gasteiger partial charge on any atom is 0.238 e. The van der Waals surface area contributed by atoms with Gasteiger partial charge in [0, 0.05) is 19.5 Å². The Bertz CT molecular complexity index is 639. The van der Waals surface area contributed by atoms with Gasteiger partial charge in [-0.15, -0.1) is 0 Å². The van der Waals surface area contributed by atoms with Gasteiger partial charge in [0.15, 0.2) is 0 Å². The molecule has 0 radical (unpaired) electrons. The zero-order valence-electron chi connectivity index (χ0n) is 12.4. The van der Waals surface area contributed by atoms with Gasteiger partial charge < -0.3 is 14.4 Å². The lowest BCUT2D eigenvalue weighted by Gasteiger charge is -2.27. The summed E-state index contributed by atoms with van der Waals surface area (Å²) >= 11 is 0. The monoisotopic (exact) mass is 328 g/mol. The number of benzene rings is 1. The Hall–Kier alpha value is -1.64. The standard InChI is InChI=1S/C14H20N2O5S/c1-20-13-4-3-12(22(15,18)19)10-11(13)2-5-14(17)16-6-8-21-9-7-16/h3-4,10H,2,5-9H2,1H3,(H2,15,18,19). The fraction of sp³-hybridized carbons (Fsp3) is 0.500. The van der Waals surface area contributed by atoms with E-state index in [2.05, 4.69) is 0 Å². The number of hydrogen-bond donors (Lipinski definition) is 1. The molecule has 1 aliphatic heterocycles. The number of nitrogens with zero attached hydrogens (tertiary/aromatic N) is 1. The Morgan fingerprint density at radius 1 is 1.36 bits per heavy atom. The second-order valence-electron chi connectivity index (χ2n) is 5.01. The highest BCUT2D eigenvalue weighted by atomic mass is 32.2. The van der Waals surface area contributed by atoms with E-state index in [1.54, 1.807) is 11.0 Å². The molecule has 1 amide bonds. The normalized spacial score (nSPS) is 15.6. The molecule has 1 aromatic carbocycles. The minimum Gasteiger partial charge on any atom is -0.496 e. The van der Waals surface area contributed by atoms with Crippen molar-refractivity contribution in [2.45, 2.75) is 17.7 Å². The maximum absolute atomic E-state index is 12.1. The maximum atomic E-state index is 12.1. The van der Waals surface area contributed by atoms with Gasteiger partial charge in [-0.1, -0.05) is 0 Å². The van der Waals surface area contributed by atoms with E-state index in [0.717, 1.165) is 0 Å². The summed E-state index contributed by atoms with van der Waals surface area (Å²) in [4.78, 5) is 13.9. The zero-order chi connectivity index (χ0) is 16.2. The Labute approximate surface area is 130 Å². The number of morpholine rings is 1. The van der Waals surface area contributed by atoms with Crippen LogP contribution in [0, 0.1) is 0 Å². The smallest absolute Gasteiger partial charge is 0.238 e. The third-order valence-electron chi connectivity index (χ3n) is 3.55. The molecular weight excluding hydrogens is 308 g/mol. The molecule has 1 aliphatic rings. The number of hydrogen-bond acceptors (Lipinski definition) is 5. The third-order valence-corrected chi connectivity index (χ3v) is 4.46. The van der Waals surface area contributed by atoms with Crippen molar-refractivity contribution < 1.29 is 22.7 Å². The molecule has 1 saturated heterocycles. The average Bonchev–Trinajstić information content (AvgIpc) is 2.52. The van der Waals surface area contributed by atoms with Crippen LogP contribution in [0.4, 0.5) is 0 Å². The van der Waals surface area contributed by atoms with Gasteiger partial charge in [-0.05, 0) is 30.2 Å². The van der Waals surface area contributed by atoms with E-state index in [-0.39, 0.29) is 17.2 Å². The predicted molar refractivity (Wildman–Crippen MR) is 80.1 cm³/mol. The lowest BCUT2D eigenvalue weighted by molar-refractivity contribution is -0.135. The van der Waals surface area contributed by atoms with Crippen LogP contribution in [0.25, 0.3) is 0 Å². The molecule has 122 valence electrons. The Morgan fingerprint density at radius 2 is 2.05 bits per heavy atom. The van der Waals surface area contributed by atoms with Crippen molar-refractivity contribution in [1.29, 1.82) is 0 Å². The van der Waals surface area contributed by atoms with Gasteiger partial charge in [-0.25, -0.2) is 13.6 Å². The molecule has 2 rings (SSSR count). The van der Waals surface area contributed by atoms with Crippen LogP contribution in [-0.2, 0) is 26.0 Å². The van der Waals surface area contributed by atoms with Gasteiger partial charge in [0.2, 0.25) is 15.9 Å². The number of carbonyl (C=O) groups excluding carboxylic acids is 1. The molecule has 22 heavy (non-hydrogen) atoms. The van der Waals surface area contributed by atoms with E-state index in [1.165, 1.54) is 19.2 Å². The minimum atomic E-state index is -3.78. The van der Waals surface area contributed by atoms with E-state index >= 15 is 0 Å². The van der Waals surface area contributed by atoms with Crippen LogP contribution in [0.5, 0.6) is 5.75 Å². The molecular formula is C14H20N2O5S. The van der Waals surface area contributed by atoms with Gasteiger partial charge in [0.25, 0.3) is 0 Å². The summed E-state index contributed by atoms with van der Waals surface area (Å²) in [5.41, 5.74) is 0.649. The fourth-order valence-electron chi connectivity index (χ4n) is 2.34. The lowest BCUT2D eigenvalue weighted by Crippen LogP contribution is -2.40. The summed E-state index contributed by atoms with van der Waals surface area (Å²) in [6.45, 7) is 2.28. The van der Waals surface area contributed by atoms with Gasteiger partial charge in [0.05, 0.1) is 25.2 Å². The number of ether oxygens (including phenoxy) is 2. The molecule has 8 heteroatoms. The van der Waals surface area contributed by atoms with Crippen molar-refractivity contribution in [2.24, 2.45) is 5.14 Å². The van der Waals surface area contributed by atoms with Crippen molar-refractivity contribution in [3.63, 3.8) is 0 Å². The van der Waals surface area contributed by atoms with E-state index < -0.39 is 10.0 Å². The number of methoxy groups -OCH3 is 1.